The highest BCUT2D eigenvalue weighted by molar-refractivity contribution is 5.73. The quantitative estimate of drug-likeness (QED) is 0.722. The number of rotatable bonds is 7. The van der Waals surface area contributed by atoms with E-state index in [9.17, 15) is 4.79 Å². The van der Waals surface area contributed by atoms with Gasteiger partial charge >= 0.3 is 6.03 Å². The maximum atomic E-state index is 11.6. The van der Waals surface area contributed by atoms with Gasteiger partial charge in [0.2, 0.25) is 0 Å². The Hall–Kier alpha value is -1.59. The van der Waals surface area contributed by atoms with E-state index in [0.717, 1.165) is 12.1 Å². The Morgan fingerprint density at radius 2 is 1.87 bits per heavy atom. The molecule has 1 fully saturated rings. The number of aliphatic hydroxyl groups excluding tert-OH is 1. The molecule has 0 radical (unpaired) electrons. The second-order valence-electron chi connectivity index (χ2n) is 6.31. The summed E-state index contributed by atoms with van der Waals surface area (Å²) in [5.41, 5.74) is 2.41. The van der Waals surface area contributed by atoms with Gasteiger partial charge in [0, 0.05) is 25.7 Å². The Morgan fingerprint density at radius 3 is 2.57 bits per heavy atom. The van der Waals surface area contributed by atoms with Crippen molar-refractivity contribution in [1.29, 1.82) is 0 Å². The molecule has 1 aliphatic rings. The Balaban J connectivity index is 1.90. The van der Waals surface area contributed by atoms with Gasteiger partial charge in [0.15, 0.2) is 0 Å². The molecule has 2 rings (SSSR count). The lowest BCUT2D eigenvalue weighted by atomic mass is 9.94. The number of hydrogen-bond donors (Lipinski definition) is 3. The summed E-state index contributed by atoms with van der Waals surface area (Å²) < 4.78 is 0. The van der Waals surface area contributed by atoms with Crippen LogP contribution in [0, 0.1) is 0 Å². The molecule has 1 aromatic rings. The van der Waals surface area contributed by atoms with Crippen LogP contribution in [-0.2, 0) is 13.1 Å². The monoisotopic (exact) mass is 319 g/mol. The number of aliphatic hydroxyl groups is 1. The number of carbonyl (C=O) groups excluding carboxylic acids is 1. The summed E-state index contributed by atoms with van der Waals surface area (Å²) in [5.74, 6) is 0. The first-order valence-electron chi connectivity index (χ1n) is 8.60. The van der Waals surface area contributed by atoms with Gasteiger partial charge < -0.3 is 15.7 Å². The van der Waals surface area contributed by atoms with Gasteiger partial charge in [-0.15, -0.1) is 0 Å². The average Bonchev–Trinajstić information content (AvgIpc) is 2.60. The van der Waals surface area contributed by atoms with E-state index in [1.165, 1.54) is 37.7 Å². The molecule has 1 aromatic carbocycles. The van der Waals surface area contributed by atoms with Crippen LogP contribution in [0.1, 0.15) is 43.2 Å². The normalized spacial score (nSPS) is 15.6. The van der Waals surface area contributed by atoms with Crippen LogP contribution in [0.25, 0.3) is 0 Å². The standard InChI is InChI=1S/C18H29N3O2/c1-21(17-9-3-2-4-10-17)14-16-8-6-5-7-15(16)13-20-18(23)19-11-12-22/h5-8,17,22H,2-4,9-14H2,1H3,(H2,19,20,23). The van der Waals surface area contributed by atoms with Crippen LogP contribution in [0.4, 0.5) is 4.79 Å². The zero-order valence-electron chi connectivity index (χ0n) is 14.1. The second kappa shape index (κ2) is 9.53. The molecule has 0 unspecified atom stereocenters. The fourth-order valence-electron chi connectivity index (χ4n) is 3.21. The highest BCUT2D eigenvalue weighted by Gasteiger charge is 2.18. The third-order valence-corrected chi connectivity index (χ3v) is 4.57. The molecule has 5 nitrogen and oxygen atoms in total. The van der Waals surface area contributed by atoms with Crippen molar-refractivity contribution >= 4 is 6.03 Å². The summed E-state index contributed by atoms with van der Waals surface area (Å²) in [6.45, 7) is 1.65. The van der Waals surface area contributed by atoms with Crippen LogP contribution in [0.2, 0.25) is 0 Å². The summed E-state index contributed by atoms with van der Waals surface area (Å²) in [6.07, 6.45) is 6.63. The van der Waals surface area contributed by atoms with Gasteiger partial charge in [0.05, 0.1) is 6.61 Å². The Labute approximate surface area is 139 Å². The summed E-state index contributed by atoms with van der Waals surface area (Å²) in [5, 5.41) is 14.2. The molecule has 0 bridgehead atoms. The van der Waals surface area contributed by atoms with Gasteiger partial charge in [-0.3, -0.25) is 4.90 Å². The number of amides is 2. The van der Waals surface area contributed by atoms with E-state index in [1.807, 2.05) is 6.07 Å². The van der Waals surface area contributed by atoms with Crippen molar-refractivity contribution in [2.45, 2.75) is 51.2 Å². The fourth-order valence-corrected chi connectivity index (χ4v) is 3.21. The van der Waals surface area contributed by atoms with Gasteiger partial charge in [-0.05, 0) is 31.0 Å². The van der Waals surface area contributed by atoms with Crippen LogP contribution in [-0.4, -0.2) is 42.3 Å². The van der Waals surface area contributed by atoms with Gasteiger partial charge in [-0.25, -0.2) is 4.79 Å². The maximum absolute atomic E-state index is 11.6. The zero-order valence-corrected chi connectivity index (χ0v) is 14.1. The molecule has 1 saturated carbocycles. The first-order chi connectivity index (χ1) is 11.2. The summed E-state index contributed by atoms with van der Waals surface area (Å²) in [7, 11) is 2.20. The number of urea groups is 1. The maximum Gasteiger partial charge on any atom is 0.315 e. The zero-order chi connectivity index (χ0) is 16.5. The predicted octanol–water partition coefficient (Wildman–Crippen LogP) is 2.24. The lowest BCUT2D eigenvalue weighted by Crippen LogP contribution is -2.37. The molecule has 3 N–H and O–H groups in total. The Kier molecular flexibility index (Phi) is 7.36. The molecule has 0 heterocycles. The predicted molar refractivity (Wildman–Crippen MR) is 92.1 cm³/mol. The number of benzene rings is 1. The van der Waals surface area contributed by atoms with Crippen molar-refractivity contribution in [2.75, 3.05) is 20.2 Å². The molecule has 1 aliphatic carbocycles. The van der Waals surface area contributed by atoms with E-state index in [0.29, 0.717) is 12.6 Å². The van der Waals surface area contributed by atoms with E-state index < -0.39 is 0 Å². The number of carbonyl (C=O) groups is 1. The lowest BCUT2D eigenvalue weighted by Gasteiger charge is -2.31. The second-order valence-corrected chi connectivity index (χ2v) is 6.31. The van der Waals surface area contributed by atoms with Crippen molar-refractivity contribution in [3.63, 3.8) is 0 Å². The minimum Gasteiger partial charge on any atom is -0.395 e. The summed E-state index contributed by atoms with van der Waals surface area (Å²) in [4.78, 5) is 14.1. The van der Waals surface area contributed by atoms with Gasteiger partial charge in [0.25, 0.3) is 0 Å². The minimum absolute atomic E-state index is 0.0454. The molecule has 0 aliphatic heterocycles. The fraction of sp³-hybridized carbons (Fsp3) is 0.611. The van der Waals surface area contributed by atoms with E-state index >= 15 is 0 Å². The molecule has 5 heteroatoms. The Morgan fingerprint density at radius 1 is 1.17 bits per heavy atom. The largest absolute Gasteiger partial charge is 0.395 e. The molecule has 0 saturated heterocycles. The van der Waals surface area contributed by atoms with Crippen LogP contribution in [0.5, 0.6) is 0 Å². The van der Waals surface area contributed by atoms with Gasteiger partial charge in [0.1, 0.15) is 0 Å². The van der Waals surface area contributed by atoms with Gasteiger partial charge in [-0.1, -0.05) is 43.5 Å². The highest BCUT2D eigenvalue weighted by atomic mass is 16.3. The number of hydrogen-bond acceptors (Lipinski definition) is 3. The third kappa shape index (κ3) is 5.84. The number of nitrogens with one attached hydrogen (secondary N) is 2. The lowest BCUT2D eigenvalue weighted by molar-refractivity contribution is 0.184. The molecule has 0 aromatic heterocycles. The average molecular weight is 319 g/mol. The first-order valence-corrected chi connectivity index (χ1v) is 8.60. The number of nitrogens with zero attached hydrogens (tertiary/aromatic N) is 1. The third-order valence-electron chi connectivity index (χ3n) is 4.57. The van der Waals surface area contributed by atoms with Crippen LogP contribution in [0.3, 0.4) is 0 Å². The minimum atomic E-state index is -0.241. The highest BCUT2D eigenvalue weighted by Crippen LogP contribution is 2.23. The van der Waals surface area contributed by atoms with Crippen LogP contribution < -0.4 is 10.6 Å². The van der Waals surface area contributed by atoms with Gasteiger partial charge in [-0.2, -0.15) is 0 Å². The van der Waals surface area contributed by atoms with Crippen molar-refractivity contribution < 1.29 is 9.90 Å². The van der Waals surface area contributed by atoms with Crippen molar-refractivity contribution in [3.05, 3.63) is 35.4 Å². The molecule has 23 heavy (non-hydrogen) atoms. The molecule has 2 amide bonds. The smallest absolute Gasteiger partial charge is 0.315 e. The van der Waals surface area contributed by atoms with E-state index in [4.69, 9.17) is 5.11 Å². The van der Waals surface area contributed by atoms with Crippen LogP contribution in [0.15, 0.2) is 24.3 Å². The van der Waals surface area contributed by atoms with E-state index in [2.05, 4.69) is 40.8 Å². The Bertz CT molecular complexity index is 487. The molecule has 128 valence electrons. The topological polar surface area (TPSA) is 64.6 Å². The summed E-state index contributed by atoms with van der Waals surface area (Å²) in [6, 6.07) is 8.71. The molecular weight excluding hydrogens is 290 g/mol. The molecule has 0 atom stereocenters. The van der Waals surface area contributed by atoms with Crippen molar-refractivity contribution in [2.24, 2.45) is 0 Å². The van der Waals surface area contributed by atoms with Crippen molar-refractivity contribution in [1.82, 2.24) is 15.5 Å². The molecular formula is C18H29N3O2. The first kappa shape index (κ1) is 17.8. The van der Waals surface area contributed by atoms with Crippen molar-refractivity contribution in [3.8, 4) is 0 Å². The van der Waals surface area contributed by atoms with E-state index in [-0.39, 0.29) is 19.2 Å². The van der Waals surface area contributed by atoms with Crippen LogP contribution >= 0.6 is 0 Å². The SMILES string of the molecule is CN(Cc1ccccc1CNC(=O)NCCO)C1CCCCC1. The summed E-state index contributed by atoms with van der Waals surface area (Å²) >= 11 is 0. The van der Waals surface area contributed by atoms with E-state index in [1.54, 1.807) is 0 Å². The molecule has 0 spiro atoms.